The Balaban J connectivity index is 2.76. The van der Waals surface area contributed by atoms with E-state index in [0.717, 1.165) is 4.88 Å². The molecule has 0 amide bonds. The molecule has 2 atom stereocenters. The molecule has 1 rings (SSSR count). The predicted octanol–water partition coefficient (Wildman–Crippen LogP) is 1.44. The Kier molecular flexibility index (Phi) is 2.65. The fraction of sp³-hybridized carbons (Fsp3) is 0.500. The third-order valence-electron chi connectivity index (χ3n) is 1.61. The van der Waals surface area contributed by atoms with Crippen LogP contribution in [0.15, 0.2) is 12.1 Å². The van der Waals surface area contributed by atoms with E-state index in [1.165, 1.54) is 4.88 Å². The van der Waals surface area contributed by atoms with Gasteiger partial charge in [-0.25, -0.2) is 0 Å². The summed E-state index contributed by atoms with van der Waals surface area (Å²) in [5.41, 5.74) is 5.71. The lowest BCUT2D eigenvalue weighted by Gasteiger charge is -2.11. The van der Waals surface area contributed by atoms with Gasteiger partial charge in [0, 0.05) is 9.75 Å². The maximum atomic E-state index is 9.17. The molecule has 0 radical (unpaired) electrons. The molecule has 1 aromatic rings. The van der Waals surface area contributed by atoms with Crippen LogP contribution in [0.5, 0.6) is 0 Å². The molecular formula is C8H13NOS. The SMILES string of the molecule is Cc1ccc([C@@H](N)C(C)O)s1. The standard InChI is InChI=1S/C8H13NOS/c1-5-3-4-7(11-5)8(9)6(2)10/h3-4,6,8,10H,9H2,1-2H3/t6?,8-/m0/s1. The lowest BCUT2D eigenvalue weighted by molar-refractivity contribution is 0.165. The number of thiophene rings is 1. The second-order valence-electron chi connectivity index (χ2n) is 2.71. The molecule has 1 aromatic heterocycles. The van der Waals surface area contributed by atoms with Gasteiger partial charge in [-0.3, -0.25) is 0 Å². The molecule has 0 aliphatic heterocycles. The zero-order chi connectivity index (χ0) is 8.43. The molecule has 0 spiro atoms. The van der Waals surface area contributed by atoms with Gasteiger partial charge >= 0.3 is 0 Å². The van der Waals surface area contributed by atoms with E-state index in [-0.39, 0.29) is 6.04 Å². The van der Waals surface area contributed by atoms with Gasteiger partial charge < -0.3 is 10.8 Å². The van der Waals surface area contributed by atoms with E-state index in [9.17, 15) is 0 Å². The van der Waals surface area contributed by atoms with Gasteiger partial charge in [0.05, 0.1) is 12.1 Å². The zero-order valence-corrected chi connectivity index (χ0v) is 7.56. The second-order valence-corrected chi connectivity index (χ2v) is 4.03. The summed E-state index contributed by atoms with van der Waals surface area (Å²) in [5.74, 6) is 0. The minimum absolute atomic E-state index is 0.228. The first-order chi connectivity index (χ1) is 5.11. The highest BCUT2D eigenvalue weighted by atomic mass is 32.1. The molecule has 3 N–H and O–H groups in total. The van der Waals surface area contributed by atoms with Crippen LogP contribution >= 0.6 is 11.3 Å². The summed E-state index contributed by atoms with van der Waals surface area (Å²) in [6, 6.07) is 3.76. The van der Waals surface area contributed by atoms with E-state index in [4.69, 9.17) is 10.8 Å². The van der Waals surface area contributed by atoms with Gasteiger partial charge in [0.2, 0.25) is 0 Å². The van der Waals surface area contributed by atoms with E-state index in [1.54, 1.807) is 18.3 Å². The number of hydrogen-bond donors (Lipinski definition) is 2. The second kappa shape index (κ2) is 3.34. The third kappa shape index (κ3) is 2.02. The number of rotatable bonds is 2. The van der Waals surface area contributed by atoms with Crippen molar-refractivity contribution in [2.75, 3.05) is 0 Å². The van der Waals surface area contributed by atoms with Crippen molar-refractivity contribution < 1.29 is 5.11 Å². The normalized spacial score (nSPS) is 16.4. The van der Waals surface area contributed by atoms with E-state index in [1.807, 2.05) is 19.1 Å². The van der Waals surface area contributed by atoms with Gasteiger partial charge in [-0.15, -0.1) is 11.3 Å². The largest absolute Gasteiger partial charge is 0.391 e. The molecule has 1 heterocycles. The lowest BCUT2D eigenvalue weighted by atomic mass is 10.1. The van der Waals surface area contributed by atoms with E-state index in [0.29, 0.717) is 0 Å². The van der Waals surface area contributed by atoms with Crippen LogP contribution in [-0.2, 0) is 0 Å². The van der Waals surface area contributed by atoms with Crippen molar-refractivity contribution in [3.8, 4) is 0 Å². The lowest BCUT2D eigenvalue weighted by Crippen LogP contribution is -2.21. The van der Waals surface area contributed by atoms with Gasteiger partial charge in [-0.05, 0) is 26.0 Å². The molecule has 0 saturated carbocycles. The van der Waals surface area contributed by atoms with Crippen LogP contribution in [0.3, 0.4) is 0 Å². The molecule has 2 nitrogen and oxygen atoms in total. The number of nitrogens with two attached hydrogens (primary N) is 1. The molecular weight excluding hydrogens is 158 g/mol. The summed E-state index contributed by atoms with van der Waals surface area (Å²) in [7, 11) is 0. The molecule has 0 aromatic carbocycles. The molecule has 62 valence electrons. The summed E-state index contributed by atoms with van der Waals surface area (Å²) in [6.45, 7) is 3.74. The Labute approximate surface area is 70.7 Å². The first kappa shape index (κ1) is 8.71. The predicted molar refractivity (Wildman–Crippen MR) is 47.7 cm³/mol. The number of aryl methyl sites for hydroxylation is 1. The molecule has 0 bridgehead atoms. The molecule has 0 fully saturated rings. The molecule has 0 saturated heterocycles. The van der Waals surface area contributed by atoms with Crippen LogP contribution in [0.4, 0.5) is 0 Å². The minimum atomic E-state index is -0.465. The topological polar surface area (TPSA) is 46.2 Å². The summed E-state index contributed by atoms with van der Waals surface area (Å²) in [6.07, 6.45) is -0.465. The molecule has 11 heavy (non-hydrogen) atoms. The Morgan fingerprint density at radius 2 is 2.18 bits per heavy atom. The quantitative estimate of drug-likeness (QED) is 0.707. The highest BCUT2D eigenvalue weighted by Crippen LogP contribution is 2.22. The average molecular weight is 171 g/mol. The van der Waals surface area contributed by atoms with Crippen LogP contribution in [0.2, 0.25) is 0 Å². The fourth-order valence-electron chi connectivity index (χ4n) is 0.870. The van der Waals surface area contributed by atoms with Crippen molar-refractivity contribution in [2.24, 2.45) is 5.73 Å². The summed E-state index contributed by atoms with van der Waals surface area (Å²) >= 11 is 1.64. The molecule has 0 aliphatic carbocycles. The fourth-order valence-corrected chi connectivity index (χ4v) is 1.85. The Bertz CT molecular complexity index is 232. The van der Waals surface area contributed by atoms with E-state index >= 15 is 0 Å². The van der Waals surface area contributed by atoms with Crippen molar-refractivity contribution in [1.82, 2.24) is 0 Å². The Morgan fingerprint density at radius 3 is 2.55 bits per heavy atom. The van der Waals surface area contributed by atoms with Gasteiger partial charge in [-0.1, -0.05) is 0 Å². The summed E-state index contributed by atoms with van der Waals surface area (Å²) < 4.78 is 0. The van der Waals surface area contributed by atoms with Crippen molar-refractivity contribution in [3.05, 3.63) is 21.9 Å². The zero-order valence-electron chi connectivity index (χ0n) is 6.74. The van der Waals surface area contributed by atoms with Crippen LogP contribution < -0.4 is 5.73 Å². The van der Waals surface area contributed by atoms with Crippen LogP contribution in [0, 0.1) is 6.92 Å². The average Bonchev–Trinajstić information content (AvgIpc) is 2.34. The first-order valence-electron chi connectivity index (χ1n) is 3.61. The van der Waals surface area contributed by atoms with E-state index < -0.39 is 6.10 Å². The summed E-state index contributed by atoms with van der Waals surface area (Å²) in [5, 5.41) is 9.17. The number of aliphatic hydroxyl groups is 1. The van der Waals surface area contributed by atoms with Crippen molar-refractivity contribution in [2.45, 2.75) is 26.0 Å². The van der Waals surface area contributed by atoms with Crippen LogP contribution in [0.1, 0.15) is 22.7 Å². The summed E-state index contributed by atoms with van der Waals surface area (Å²) in [4.78, 5) is 2.29. The van der Waals surface area contributed by atoms with Crippen molar-refractivity contribution in [3.63, 3.8) is 0 Å². The Hall–Kier alpha value is -0.380. The first-order valence-corrected chi connectivity index (χ1v) is 4.43. The minimum Gasteiger partial charge on any atom is -0.391 e. The van der Waals surface area contributed by atoms with Crippen LogP contribution in [0.25, 0.3) is 0 Å². The smallest absolute Gasteiger partial charge is 0.0712 e. The maximum Gasteiger partial charge on any atom is 0.0712 e. The van der Waals surface area contributed by atoms with Gasteiger partial charge in [0.1, 0.15) is 0 Å². The van der Waals surface area contributed by atoms with Crippen LogP contribution in [-0.4, -0.2) is 11.2 Å². The number of hydrogen-bond acceptors (Lipinski definition) is 3. The molecule has 3 heteroatoms. The molecule has 0 aliphatic rings. The Morgan fingerprint density at radius 1 is 1.55 bits per heavy atom. The van der Waals surface area contributed by atoms with Gasteiger partial charge in [-0.2, -0.15) is 0 Å². The van der Waals surface area contributed by atoms with Crippen molar-refractivity contribution >= 4 is 11.3 Å². The maximum absolute atomic E-state index is 9.17. The van der Waals surface area contributed by atoms with E-state index in [2.05, 4.69) is 0 Å². The third-order valence-corrected chi connectivity index (χ3v) is 2.71. The number of aliphatic hydroxyl groups excluding tert-OH is 1. The van der Waals surface area contributed by atoms with Gasteiger partial charge in [0.25, 0.3) is 0 Å². The monoisotopic (exact) mass is 171 g/mol. The van der Waals surface area contributed by atoms with Gasteiger partial charge in [0.15, 0.2) is 0 Å². The molecule has 1 unspecified atom stereocenters. The van der Waals surface area contributed by atoms with Crippen molar-refractivity contribution in [1.29, 1.82) is 0 Å². The highest BCUT2D eigenvalue weighted by Gasteiger charge is 2.12. The highest BCUT2D eigenvalue weighted by molar-refractivity contribution is 7.12.